The van der Waals surface area contributed by atoms with E-state index >= 15 is 0 Å². The monoisotopic (exact) mass is 305 g/mol. The fraction of sp³-hybridized carbons (Fsp3) is 0.529. The van der Waals surface area contributed by atoms with Crippen LogP contribution in [0.5, 0.6) is 0 Å². The lowest BCUT2D eigenvalue weighted by atomic mass is 10.1. The molecule has 120 valence electrons. The summed E-state index contributed by atoms with van der Waals surface area (Å²) in [5.41, 5.74) is 2.07. The first-order valence-electron chi connectivity index (χ1n) is 7.92. The van der Waals surface area contributed by atoms with E-state index in [9.17, 15) is 9.59 Å². The van der Waals surface area contributed by atoms with E-state index in [1.165, 1.54) is 37.7 Å². The number of carbonyl (C=O) groups is 2. The zero-order valence-electron chi connectivity index (χ0n) is 13.4. The van der Waals surface area contributed by atoms with Crippen molar-refractivity contribution in [3.63, 3.8) is 0 Å². The number of methoxy groups -OCH3 is 1. The molecule has 0 saturated carbocycles. The molecule has 1 aromatic rings. The Bertz CT molecular complexity index is 535. The lowest BCUT2D eigenvalue weighted by molar-refractivity contribution is -0.890. The lowest BCUT2D eigenvalue weighted by Gasteiger charge is -2.17. The normalized spacial score (nSPS) is 15.9. The van der Waals surface area contributed by atoms with Gasteiger partial charge in [0, 0.05) is 5.69 Å². The number of esters is 1. The van der Waals surface area contributed by atoms with Crippen LogP contribution in [0.25, 0.3) is 0 Å². The highest BCUT2D eigenvalue weighted by atomic mass is 16.5. The van der Waals surface area contributed by atoms with E-state index in [1.807, 2.05) is 13.0 Å². The maximum absolute atomic E-state index is 12.2. The van der Waals surface area contributed by atoms with Gasteiger partial charge in [-0.3, -0.25) is 4.79 Å². The third-order valence-electron chi connectivity index (χ3n) is 4.15. The molecule has 1 amide bonds. The molecule has 2 rings (SSSR count). The molecule has 1 aliphatic rings. The molecule has 0 bridgehead atoms. The van der Waals surface area contributed by atoms with Gasteiger partial charge in [-0.15, -0.1) is 0 Å². The van der Waals surface area contributed by atoms with Crippen molar-refractivity contribution in [1.29, 1.82) is 0 Å². The molecule has 0 atom stereocenters. The first kappa shape index (κ1) is 16.5. The molecule has 5 nitrogen and oxygen atoms in total. The van der Waals surface area contributed by atoms with Gasteiger partial charge in [-0.2, -0.15) is 0 Å². The van der Waals surface area contributed by atoms with E-state index in [0.29, 0.717) is 17.8 Å². The summed E-state index contributed by atoms with van der Waals surface area (Å²) in [6.07, 6.45) is 4.93. The van der Waals surface area contributed by atoms with Crippen molar-refractivity contribution in [3.05, 3.63) is 29.3 Å². The van der Waals surface area contributed by atoms with E-state index < -0.39 is 5.97 Å². The second-order valence-electron chi connectivity index (χ2n) is 5.91. The summed E-state index contributed by atoms with van der Waals surface area (Å²) in [5, 5.41) is 2.93. The minimum absolute atomic E-state index is 0.00187. The molecule has 1 aliphatic heterocycles. The molecule has 0 unspecified atom stereocenters. The molecule has 0 aromatic heterocycles. The number of carbonyl (C=O) groups excluding carboxylic acids is 2. The number of hydrogen-bond acceptors (Lipinski definition) is 3. The SMILES string of the molecule is COC(=O)c1ccc(C)c(NC(=O)C[NH+]2CCCCCC2)c1. The van der Waals surface area contributed by atoms with E-state index in [1.54, 1.807) is 12.1 Å². The second kappa shape index (κ2) is 7.94. The molecule has 1 fully saturated rings. The summed E-state index contributed by atoms with van der Waals surface area (Å²) in [6, 6.07) is 5.20. The van der Waals surface area contributed by atoms with Gasteiger partial charge in [0.2, 0.25) is 0 Å². The van der Waals surface area contributed by atoms with Crippen LogP contribution in [0.3, 0.4) is 0 Å². The van der Waals surface area contributed by atoms with Crippen LogP contribution in [-0.4, -0.2) is 38.6 Å². The average molecular weight is 305 g/mol. The predicted octanol–water partition coefficient (Wildman–Crippen LogP) is 1.18. The van der Waals surface area contributed by atoms with E-state index in [2.05, 4.69) is 5.32 Å². The van der Waals surface area contributed by atoms with Gasteiger partial charge in [-0.25, -0.2) is 4.79 Å². The Kier molecular flexibility index (Phi) is 5.95. The van der Waals surface area contributed by atoms with Crippen molar-refractivity contribution in [2.45, 2.75) is 32.6 Å². The second-order valence-corrected chi connectivity index (χ2v) is 5.91. The van der Waals surface area contributed by atoms with Crippen molar-refractivity contribution in [2.24, 2.45) is 0 Å². The first-order chi connectivity index (χ1) is 10.6. The van der Waals surface area contributed by atoms with Gasteiger partial charge in [0.05, 0.1) is 25.8 Å². The number of ether oxygens (including phenoxy) is 1. The molecule has 22 heavy (non-hydrogen) atoms. The Morgan fingerprint density at radius 2 is 1.86 bits per heavy atom. The number of likely N-dealkylation sites (tertiary alicyclic amines) is 1. The van der Waals surface area contributed by atoms with Gasteiger partial charge in [0.15, 0.2) is 6.54 Å². The Balaban J connectivity index is 1.99. The van der Waals surface area contributed by atoms with Crippen molar-refractivity contribution in [1.82, 2.24) is 0 Å². The zero-order valence-corrected chi connectivity index (χ0v) is 13.4. The summed E-state index contributed by atoms with van der Waals surface area (Å²) in [4.78, 5) is 25.2. The summed E-state index contributed by atoms with van der Waals surface area (Å²) in [7, 11) is 1.35. The van der Waals surface area contributed by atoms with Crippen molar-refractivity contribution >= 4 is 17.6 Å². The molecule has 2 N–H and O–H groups in total. The first-order valence-corrected chi connectivity index (χ1v) is 7.92. The molecule has 5 heteroatoms. The summed E-state index contributed by atoms with van der Waals surface area (Å²) in [5.74, 6) is -0.393. The minimum Gasteiger partial charge on any atom is -0.465 e. The van der Waals surface area contributed by atoms with E-state index in [-0.39, 0.29) is 5.91 Å². The molecule has 1 aromatic carbocycles. The maximum Gasteiger partial charge on any atom is 0.337 e. The number of aryl methyl sites for hydroxylation is 1. The molecule has 1 heterocycles. The highest BCUT2D eigenvalue weighted by Gasteiger charge is 2.17. The zero-order chi connectivity index (χ0) is 15.9. The van der Waals surface area contributed by atoms with E-state index in [0.717, 1.165) is 18.7 Å². The van der Waals surface area contributed by atoms with Crippen LogP contribution in [0, 0.1) is 6.92 Å². The largest absolute Gasteiger partial charge is 0.465 e. The minimum atomic E-state index is -0.395. The van der Waals surface area contributed by atoms with Crippen LogP contribution in [-0.2, 0) is 9.53 Å². The number of amides is 1. The number of quaternary nitrogens is 1. The van der Waals surface area contributed by atoms with Crippen molar-refractivity contribution in [3.8, 4) is 0 Å². The van der Waals surface area contributed by atoms with Crippen LogP contribution >= 0.6 is 0 Å². The van der Waals surface area contributed by atoms with Gasteiger partial charge >= 0.3 is 5.97 Å². The van der Waals surface area contributed by atoms with Crippen LogP contribution in [0.2, 0.25) is 0 Å². The number of anilines is 1. The van der Waals surface area contributed by atoms with Crippen LogP contribution in [0.4, 0.5) is 5.69 Å². The Labute approximate surface area is 131 Å². The number of nitrogens with one attached hydrogen (secondary N) is 2. The average Bonchev–Trinajstić information content (AvgIpc) is 2.77. The van der Waals surface area contributed by atoms with Crippen LogP contribution in [0.15, 0.2) is 18.2 Å². The summed E-state index contributed by atoms with van der Waals surface area (Å²) < 4.78 is 4.72. The fourth-order valence-corrected chi connectivity index (χ4v) is 2.83. The fourth-order valence-electron chi connectivity index (χ4n) is 2.83. The van der Waals surface area contributed by atoms with Gasteiger partial charge in [0.25, 0.3) is 5.91 Å². The Hall–Kier alpha value is -1.88. The van der Waals surface area contributed by atoms with Crippen molar-refractivity contribution in [2.75, 3.05) is 32.1 Å². The smallest absolute Gasteiger partial charge is 0.337 e. The molecule has 0 radical (unpaired) electrons. The lowest BCUT2D eigenvalue weighted by Crippen LogP contribution is -3.12. The number of rotatable bonds is 4. The topological polar surface area (TPSA) is 59.8 Å². The van der Waals surface area contributed by atoms with Gasteiger partial charge in [-0.1, -0.05) is 6.07 Å². The third kappa shape index (κ3) is 4.56. The summed E-state index contributed by atoms with van der Waals surface area (Å²) >= 11 is 0. The number of benzene rings is 1. The summed E-state index contributed by atoms with van der Waals surface area (Å²) in [6.45, 7) is 4.53. The molecule has 0 aliphatic carbocycles. The van der Waals surface area contributed by atoms with Gasteiger partial charge in [-0.05, 0) is 50.3 Å². The maximum atomic E-state index is 12.2. The highest BCUT2D eigenvalue weighted by molar-refractivity contribution is 5.95. The number of hydrogen-bond donors (Lipinski definition) is 2. The van der Waals surface area contributed by atoms with Gasteiger partial charge in [0.1, 0.15) is 0 Å². The predicted molar refractivity (Wildman–Crippen MR) is 85.2 cm³/mol. The molecule has 1 saturated heterocycles. The third-order valence-corrected chi connectivity index (χ3v) is 4.15. The quantitative estimate of drug-likeness (QED) is 0.821. The standard InChI is InChI=1S/C17H24N2O3/c1-13-7-8-14(17(21)22-2)11-15(13)18-16(20)12-19-9-5-3-4-6-10-19/h7-8,11H,3-6,9-10,12H2,1-2H3,(H,18,20)/p+1. The highest BCUT2D eigenvalue weighted by Crippen LogP contribution is 2.17. The van der Waals surface area contributed by atoms with Crippen molar-refractivity contribution < 1.29 is 19.2 Å². The van der Waals surface area contributed by atoms with E-state index in [4.69, 9.17) is 4.74 Å². The molecular weight excluding hydrogens is 280 g/mol. The van der Waals surface area contributed by atoms with Gasteiger partial charge < -0.3 is 15.0 Å². The molecule has 0 spiro atoms. The van der Waals surface area contributed by atoms with Crippen LogP contribution < -0.4 is 10.2 Å². The molecular formula is C17H25N2O3+. The Morgan fingerprint density at radius 1 is 1.18 bits per heavy atom. The van der Waals surface area contributed by atoms with Crippen LogP contribution in [0.1, 0.15) is 41.6 Å². The Morgan fingerprint density at radius 3 is 2.50 bits per heavy atom.